The van der Waals surface area contributed by atoms with E-state index in [-0.39, 0.29) is 11.8 Å². The fourth-order valence-corrected chi connectivity index (χ4v) is 5.89. The highest BCUT2D eigenvalue weighted by Gasteiger charge is 2.25. The van der Waals surface area contributed by atoms with E-state index in [4.69, 9.17) is 16.0 Å². The number of hydrogen-bond donors (Lipinski definition) is 1. The van der Waals surface area contributed by atoms with E-state index >= 15 is 0 Å². The molecule has 41 heavy (non-hydrogen) atoms. The zero-order valence-corrected chi connectivity index (χ0v) is 23.7. The van der Waals surface area contributed by atoms with Crippen molar-refractivity contribution in [3.63, 3.8) is 0 Å². The van der Waals surface area contributed by atoms with Crippen molar-refractivity contribution in [3.05, 3.63) is 89.3 Å². The molecular formula is C31H22ClFN4O3S. The lowest BCUT2D eigenvalue weighted by Gasteiger charge is -2.20. The third-order valence-corrected chi connectivity index (χ3v) is 8.08. The Morgan fingerprint density at radius 1 is 1.02 bits per heavy atom. The summed E-state index contributed by atoms with van der Waals surface area (Å²) in [5, 5.41) is 4.55. The molecule has 0 spiro atoms. The van der Waals surface area contributed by atoms with Crippen LogP contribution in [-0.2, 0) is 4.79 Å². The van der Waals surface area contributed by atoms with E-state index in [9.17, 15) is 14.0 Å². The minimum atomic E-state index is -0.397. The first kappa shape index (κ1) is 26.6. The molecule has 0 aliphatic heterocycles. The molecule has 1 N–H and O–H groups in total. The Bertz CT molecular complexity index is 1980. The maximum absolute atomic E-state index is 13.7. The van der Waals surface area contributed by atoms with Crippen molar-refractivity contribution < 1.29 is 18.4 Å². The minimum absolute atomic E-state index is 0.173. The fraction of sp³-hybridized carbons (Fsp3) is 0.0968. The van der Waals surface area contributed by atoms with Gasteiger partial charge in [0.1, 0.15) is 22.2 Å². The number of thiazole rings is 1. The van der Waals surface area contributed by atoms with E-state index in [1.54, 1.807) is 31.4 Å². The number of carbonyl (C=O) groups excluding carboxylic acids is 2. The van der Waals surface area contributed by atoms with Crippen LogP contribution in [0.5, 0.6) is 0 Å². The molecule has 204 valence electrons. The number of carbonyl (C=O) groups is 2. The van der Waals surface area contributed by atoms with E-state index < -0.39 is 5.82 Å². The number of aromatic nitrogens is 2. The molecule has 0 radical (unpaired) electrons. The van der Waals surface area contributed by atoms with Crippen LogP contribution in [-0.4, -0.2) is 35.9 Å². The molecule has 0 aliphatic rings. The van der Waals surface area contributed by atoms with Crippen LogP contribution in [0.1, 0.15) is 17.3 Å². The Balaban J connectivity index is 1.58. The first-order valence-corrected chi connectivity index (χ1v) is 13.8. The van der Waals surface area contributed by atoms with Crippen molar-refractivity contribution in [2.75, 3.05) is 19.0 Å². The normalized spacial score (nSPS) is 11.2. The Morgan fingerprint density at radius 2 is 1.78 bits per heavy atom. The van der Waals surface area contributed by atoms with E-state index in [0.29, 0.717) is 44.2 Å². The lowest BCUT2D eigenvalue weighted by Crippen LogP contribution is -2.23. The first-order valence-electron chi connectivity index (χ1n) is 12.6. The summed E-state index contributed by atoms with van der Waals surface area (Å²) in [6.45, 7) is 1.48. The smallest absolute Gasteiger partial charge is 0.255 e. The van der Waals surface area contributed by atoms with Gasteiger partial charge in [0.05, 0.1) is 21.0 Å². The molecule has 2 amide bonds. The third kappa shape index (κ3) is 4.83. The number of nitrogens with zero attached hydrogens (tertiary/aromatic N) is 3. The highest BCUT2D eigenvalue weighted by Crippen LogP contribution is 2.42. The van der Waals surface area contributed by atoms with E-state index in [0.717, 1.165) is 26.4 Å². The fourth-order valence-electron chi connectivity index (χ4n) is 4.70. The largest absolute Gasteiger partial charge is 0.455 e. The van der Waals surface area contributed by atoms with Gasteiger partial charge in [-0.25, -0.2) is 14.4 Å². The average Bonchev–Trinajstić information content (AvgIpc) is 3.57. The molecule has 3 aromatic carbocycles. The van der Waals surface area contributed by atoms with Crippen LogP contribution in [0.15, 0.2) is 77.3 Å². The summed E-state index contributed by atoms with van der Waals surface area (Å²) in [5.41, 5.74) is 4.89. The van der Waals surface area contributed by atoms with Gasteiger partial charge < -0.3 is 14.6 Å². The Morgan fingerprint density at radius 3 is 2.51 bits per heavy atom. The maximum atomic E-state index is 13.7. The van der Waals surface area contributed by atoms with Crippen LogP contribution < -0.4 is 10.2 Å². The molecule has 3 aromatic heterocycles. The number of amides is 2. The number of furan rings is 1. The molecule has 3 heterocycles. The molecule has 0 unspecified atom stereocenters. The molecule has 0 saturated heterocycles. The van der Waals surface area contributed by atoms with Crippen molar-refractivity contribution in [2.45, 2.75) is 6.92 Å². The number of halogens is 2. The SMILES string of the molecule is CNC(=O)c1c(-c2ccc(F)cc2)oc2cc(N(C)C(C)=O)c(-c3cccc(-c4nc5ncc(Cl)cc5s4)c3)cc12. The Hall–Kier alpha value is -4.60. The Labute approximate surface area is 243 Å². The van der Waals surface area contributed by atoms with Gasteiger partial charge in [-0.1, -0.05) is 29.8 Å². The average molecular weight is 585 g/mol. The summed E-state index contributed by atoms with van der Waals surface area (Å²) in [6, 6.07) is 19.0. The number of pyridine rings is 1. The van der Waals surface area contributed by atoms with Crippen LogP contribution in [0.4, 0.5) is 10.1 Å². The summed E-state index contributed by atoms with van der Waals surface area (Å²) in [4.78, 5) is 36.2. The van der Waals surface area contributed by atoms with Gasteiger partial charge in [-0.15, -0.1) is 11.3 Å². The molecule has 6 aromatic rings. The summed E-state index contributed by atoms with van der Waals surface area (Å²) in [6.07, 6.45) is 1.57. The molecule has 6 rings (SSSR count). The van der Waals surface area contributed by atoms with Crippen molar-refractivity contribution in [1.82, 2.24) is 15.3 Å². The number of benzene rings is 3. The van der Waals surface area contributed by atoms with Crippen LogP contribution >= 0.6 is 22.9 Å². The van der Waals surface area contributed by atoms with Crippen molar-refractivity contribution in [3.8, 4) is 33.0 Å². The summed E-state index contributed by atoms with van der Waals surface area (Å²) < 4.78 is 20.7. The van der Waals surface area contributed by atoms with Gasteiger partial charge in [-0.2, -0.15) is 0 Å². The second-order valence-electron chi connectivity index (χ2n) is 9.41. The minimum Gasteiger partial charge on any atom is -0.455 e. The van der Waals surface area contributed by atoms with Gasteiger partial charge in [0.2, 0.25) is 5.91 Å². The predicted molar refractivity (Wildman–Crippen MR) is 161 cm³/mol. The zero-order chi connectivity index (χ0) is 28.8. The summed E-state index contributed by atoms with van der Waals surface area (Å²) >= 11 is 7.60. The quantitative estimate of drug-likeness (QED) is 0.226. The van der Waals surface area contributed by atoms with E-state index in [1.165, 1.54) is 42.3 Å². The lowest BCUT2D eigenvalue weighted by molar-refractivity contribution is -0.116. The number of anilines is 1. The topological polar surface area (TPSA) is 88.3 Å². The van der Waals surface area contributed by atoms with Crippen LogP contribution in [0.2, 0.25) is 5.02 Å². The zero-order valence-electron chi connectivity index (χ0n) is 22.2. The maximum Gasteiger partial charge on any atom is 0.255 e. The monoisotopic (exact) mass is 584 g/mol. The van der Waals surface area contributed by atoms with Gasteiger partial charge in [-0.3, -0.25) is 9.59 Å². The molecule has 0 bridgehead atoms. The Kier molecular flexibility index (Phi) is 6.76. The molecule has 0 saturated carbocycles. The molecule has 7 nitrogen and oxygen atoms in total. The van der Waals surface area contributed by atoms with Gasteiger partial charge >= 0.3 is 0 Å². The number of fused-ring (bicyclic) bond motifs is 2. The number of nitrogens with one attached hydrogen (secondary N) is 1. The molecule has 0 fully saturated rings. The van der Waals surface area contributed by atoms with Crippen LogP contribution in [0, 0.1) is 5.82 Å². The van der Waals surface area contributed by atoms with Gasteiger partial charge in [-0.05, 0) is 48.0 Å². The second kappa shape index (κ2) is 10.4. The van der Waals surface area contributed by atoms with Crippen LogP contribution in [0.3, 0.4) is 0 Å². The van der Waals surface area contributed by atoms with Crippen molar-refractivity contribution in [1.29, 1.82) is 0 Å². The molecule has 10 heteroatoms. The first-order chi connectivity index (χ1) is 19.7. The predicted octanol–water partition coefficient (Wildman–Crippen LogP) is 7.57. The standard InChI is InChI=1S/C31H22ClFN4O3S/c1-16(38)37(3)24-14-25-23(27(30(39)34-2)28(40-25)17-7-9-21(33)10-8-17)13-22(24)18-5-4-6-19(11-18)31-36-29-26(41-31)12-20(32)15-35-29/h4-15H,1-3H3,(H,34,39). The number of hydrogen-bond acceptors (Lipinski definition) is 6. The highest BCUT2D eigenvalue weighted by atomic mass is 35.5. The third-order valence-electron chi connectivity index (χ3n) is 6.83. The van der Waals surface area contributed by atoms with Gasteiger partial charge in [0.15, 0.2) is 5.65 Å². The lowest BCUT2D eigenvalue weighted by atomic mass is 9.97. The molecule has 0 aliphatic carbocycles. The van der Waals surface area contributed by atoms with Crippen LogP contribution in [0.25, 0.3) is 54.3 Å². The summed E-state index contributed by atoms with van der Waals surface area (Å²) in [5.74, 6) is -0.614. The van der Waals surface area contributed by atoms with Gasteiger partial charge in [0, 0.05) is 55.4 Å². The second-order valence-corrected chi connectivity index (χ2v) is 10.9. The van der Waals surface area contributed by atoms with E-state index in [2.05, 4.69) is 15.3 Å². The van der Waals surface area contributed by atoms with Gasteiger partial charge in [0.25, 0.3) is 5.91 Å². The molecular weight excluding hydrogens is 563 g/mol. The van der Waals surface area contributed by atoms with Crippen molar-refractivity contribution in [2.24, 2.45) is 0 Å². The van der Waals surface area contributed by atoms with Crippen molar-refractivity contribution >= 4 is 61.8 Å². The highest BCUT2D eigenvalue weighted by molar-refractivity contribution is 7.21. The van der Waals surface area contributed by atoms with E-state index in [1.807, 2.05) is 36.4 Å². The number of rotatable bonds is 5. The molecule has 0 atom stereocenters. The summed E-state index contributed by atoms with van der Waals surface area (Å²) in [7, 11) is 3.22.